The molecule has 0 atom stereocenters. The number of aromatic nitrogens is 1. The number of pyridine rings is 1. The van der Waals surface area contributed by atoms with Gasteiger partial charge in [-0.05, 0) is 90.2 Å². The van der Waals surface area contributed by atoms with Crippen molar-refractivity contribution in [2.24, 2.45) is 0 Å². The van der Waals surface area contributed by atoms with Crippen molar-refractivity contribution in [2.45, 2.75) is 6.92 Å². The minimum Gasteiger partial charge on any atom is -0.494 e. The predicted octanol–water partition coefficient (Wildman–Crippen LogP) is 6.16. The summed E-state index contributed by atoms with van der Waals surface area (Å²) in [6.45, 7) is 2.58. The Morgan fingerprint density at radius 2 is 1.72 bits per heavy atom. The summed E-state index contributed by atoms with van der Waals surface area (Å²) in [5.41, 5.74) is 3.82. The number of amides is 1. The van der Waals surface area contributed by atoms with Crippen LogP contribution in [-0.2, 0) is 0 Å². The van der Waals surface area contributed by atoms with Crippen LogP contribution in [0.25, 0.3) is 22.2 Å². The van der Waals surface area contributed by atoms with Crippen LogP contribution in [0.2, 0.25) is 0 Å². The molecule has 0 radical (unpaired) electrons. The molecule has 29 heavy (non-hydrogen) atoms. The molecule has 0 bridgehead atoms. The second kappa shape index (κ2) is 8.61. The molecule has 0 aliphatic rings. The molecule has 144 valence electrons. The van der Waals surface area contributed by atoms with Crippen molar-refractivity contribution < 1.29 is 9.53 Å². The van der Waals surface area contributed by atoms with E-state index in [1.807, 2.05) is 85.8 Å². The van der Waals surface area contributed by atoms with E-state index in [1.54, 1.807) is 0 Å². The molecule has 4 nitrogen and oxygen atoms in total. The van der Waals surface area contributed by atoms with Gasteiger partial charge in [0.25, 0.3) is 5.91 Å². The zero-order valence-corrected chi connectivity index (χ0v) is 18.0. The van der Waals surface area contributed by atoms with Crippen LogP contribution in [0.4, 0.5) is 5.69 Å². The number of halogens is 1. The fraction of sp³-hybridized carbons (Fsp3) is 0.0833. The number of ether oxygens (including phenoxy) is 1. The van der Waals surface area contributed by atoms with Crippen LogP contribution in [0, 0.1) is 3.57 Å². The normalized spacial score (nSPS) is 10.7. The van der Waals surface area contributed by atoms with Crippen LogP contribution in [-0.4, -0.2) is 17.5 Å². The van der Waals surface area contributed by atoms with Gasteiger partial charge in [-0.2, -0.15) is 0 Å². The summed E-state index contributed by atoms with van der Waals surface area (Å²) in [7, 11) is 0. The lowest BCUT2D eigenvalue weighted by molar-refractivity contribution is 0.102. The van der Waals surface area contributed by atoms with E-state index in [0.29, 0.717) is 12.2 Å². The number of carbonyl (C=O) groups is 1. The van der Waals surface area contributed by atoms with Gasteiger partial charge in [0.05, 0.1) is 23.4 Å². The molecule has 5 heteroatoms. The Bertz CT molecular complexity index is 1160. The second-order valence-electron chi connectivity index (χ2n) is 6.49. The zero-order chi connectivity index (χ0) is 20.2. The average molecular weight is 494 g/mol. The number of hydrogen-bond acceptors (Lipinski definition) is 3. The molecule has 0 aliphatic carbocycles. The van der Waals surface area contributed by atoms with E-state index in [4.69, 9.17) is 9.72 Å². The van der Waals surface area contributed by atoms with Crippen molar-refractivity contribution in [1.29, 1.82) is 0 Å². The SMILES string of the molecule is CCOc1ccc(-c2cc(C(=O)Nc3ccc(I)cc3)c3ccccc3n2)cc1. The first-order valence-corrected chi connectivity index (χ1v) is 10.4. The number of nitrogens with one attached hydrogen (secondary N) is 1. The summed E-state index contributed by atoms with van der Waals surface area (Å²) in [5.74, 6) is 0.658. The van der Waals surface area contributed by atoms with Crippen molar-refractivity contribution in [3.05, 3.63) is 88.0 Å². The van der Waals surface area contributed by atoms with E-state index in [-0.39, 0.29) is 5.91 Å². The number of anilines is 1. The third-order valence-electron chi connectivity index (χ3n) is 4.52. The lowest BCUT2D eigenvalue weighted by atomic mass is 10.0. The van der Waals surface area contributed by atoms with E-state index < -0.39 is 0 Å². The Kier molecular flexibility index (Phi) is 5.76. The predicted molar refractivity (Wildman–Crippen MR) is 125 cm³/mol. The summed E-state index contributed by atoms with van der Waals surface area (Å²) in [4.78, 5) is 17.8. The van der Waals surface area contributed by atoms with Gasteiger partial charge >= 0.3 is 0 Å². The van der Waals surface area contributed by atoms with Crippen LogP contribution in [0.5, 0.6) is 5.75 Å². The van der Waals surface area contributed by atoms with Crippen molar-refractivity contribution >= 4 is 45.1 Å². The Morgan fingerprint density at radius 1 is 1.00 bits per heavy atom. The van der Waals surface area contributed by atoms with E-state index in [2.05, 4.69) is 27.9 Å². The molecular formula is C24H19IN2O2. The number of fused-ring (bicyclic) bond motifs is 1. The molecule has 0 fully saturated rings. The minimum atomic E-state index is -0.156. The first-order chi connectivity index (χ1) is 14.1. The molecule has 1 heterocycles. The van der Waals surface area contributed by atoms with Gasteiger partial charge in [0.1, 0.15) is 5.75 Å². The van der Waals surface area contributed by atoms with Gasteiger partial charge in [-0.3, -0.25) is 4.79 Å². The van der Waals surface area contributed by atoms with Gasteiger partial charge in [-0.1, -0.05) is 18.2 Å². The number of benzene rings is 3. The maximum atomic E-state index is 13.1. The van der Waals surface area contributed by atoms with E-state index >= 15 is 0 Å². The number of carbonyl (C=O) groups excluding carboxylic acids is 1. The first kappa shape index (κ1) is 19.4. The smallest absolute Gasteiger partial charge is 0.256 e. The first-order valence-electron chi connectivity index (χ1n) is 9.34. The van der Waals surface area contributed by atoms with E-state index in [9.17, 15) is 4.79 Å². The van der Waals surface area contributed by atoms with Crippen molar-refractivity contribution in [3.8, 4) is 17.0 Å². The number of hydrogen-bond donors (Lipinski definition) is 1. The van der Waals surface area contributed by atoms with Gasteiger partial charge in [0.15, 0.2) is 0 Å². The number of nitrogens with zero attached hydrogens (tertiary/aromatic N) is 1. The molecule has 0 aliphatic heterocycles. The summed E-state index contributed by atoms with van der Waals surface area (Å²) in [6, 6.07) is 25.0. The zero-order valence-electron chi connectivity index (χ0n) is 15.9. The fourth-order valence-corrected chi connectivity index (χ4v) is 3.49. The molecule has 1 N–H and O–H groups in total. The van der Waals surface area contributed by atoms with Gasteiger partial charge < -0.3 is 10.1 Å². The van der Waals surface area contributed by atoms with Crippen LogP contribution in [0.3, 0.4) is 0 Å². The van der Waals surface area contributed by atoms with Crippen molar-refractivity contribution in [1.82, 2.24) is 4.98 Å². The average Bonchev–Trinajstić information content (AvgIpc) is 2.75. The Hall–Kier alpha value is -2.93. The molecule has 1 amide bonds. The summed E-state index contributed by atoms with van der Waals surface area (Å²) in [6.07, 6.45) is 0. The highest BCUT2D eigenvalue weighted by Crippen LogP contribution is 2.27. The summed E-state index contributed by atoms with van der Waals surface area (Å²) in [5, 5.41) is 3.82. The highest BCUT2D eigenvalue weighted by molar-refractivity contribution is 14.1. The van der Waals surface area contributed by atoms with Crippen LogP contribution in [0.15, 0.2) is 78.9 Å². The lowest BCUT2D eigenvalue weighted by Gasteiger charge is -2.11. The summed E-state index contributed by atoms with van der Waals surface area (Å²) < 4.78 is 6.64. The van der Waals surface area contributed by atoms with Gasteiger partial charge in [0.2, 0.25) is 0 Å². The summed E-state index contributed by atoms with van der Waals surface area (Å²) >= 11 is 2.24. The van der Waals surface area contributed by atoms with Crippen LogP contribution in [0.1, 0.15) is 17.3 Å². The van der Waals surface area contributed by atoms with E-state index in [1.165, 1.54) is 0 Å². The monoisotopic (exact) mass is 494 g/mol. The molecule has 1 aromatic heterocycles. The largest absolute Gasteiger partial charge is 0.494 e. The molecule has 0 saturated heterocycles. The molecule has 4 rings (SSSR count). The topological polar surface area (TPSA) is 51.2 Å². The Labute approximate surface area is 183 Å². The molecule has 0 unspecified atom stereocenters. The van der Waals surface area contributed by atoms with Crippen molar-refractivity contribution in [2.75, 3.05) is 11.9 Å². The fourth-order valence-electron chi connectivity index (χ4n) is 3.13. The lowest BCUT2D eigenvalue weighted by Crippen LogP contribution is -2.13. The van der Waals surface area contributed by atoms with E-state index in [0.717, 1.165) is 37.2 Å². The standard InChI is InChI=1S/C24H19IN2O2/c1-2-29-19-13-7-16(8-14-19)23-15-21(20-5-3-4-6-22(20)27-23)24(28)26-18-11-9-17(25)10-12-18/h3-15H,2H2,1H3,(H,26,28). The van der Waals surface area contributed by atoms with Crippen molar-refractivity contribution in [3.63, 3.8) is 0 Å². The quantitative estimate of drug-likeness (QED) is 0.339. The molecule has 3 aromatic carbocycles. The number of para-hydroxylation sites is 1. The Balaban J connectivity index is 1.74. The van der Waals surface area contributed by atoms with Crippen LogP contribution >= 0.6 is 22.6 Å². The van der Waals surface area contributed by atoms with Gasteiger partial charge in [0, 0.05) is 20.2 Å². The molecule has 0 saturated carbocycles. The third kappa shape index (κ3) is 4.40. The maximum Gasteiger partial charge on any atom is 0.256 e. The number of rotatable bonds is 5. The highest BCUT2D eigenvalue weighted by atomic mass is 127. The molecule has 4 aromatic rings. The van der Waals surface area contributed by atoms with Crippen LogP contribution < -0.4 is 10.1 Å². The molecule has 0 spiro atoms. The highest BCUT2D eigenvalue weighted by Gasteiger charge is 2.14. The second-order valence-corrected chi connectivity index (χ2v) is 7.74. The third-order valence-corrected chi connectivity index (χ3v) is 5.24. The molecular weight excluding hydrogens is 475 g/mol. The van der Waals surface area contributed by atoms with Gasteiger partial charge in [-0.15, -0.1) is 0 Å². The Morgan fingerprint density at radius 3 is 2.45 bits per heavy atom. The van der Waals surface area contributed by atoms with Gasteiger partial charge in [-0.25, -0.2) is 4.98 Å². The minimum absolute atomic E-state index is 0.156. The maximum absolute atomic E-state index is 13.1.